The van der Waals surface area contributed by atoms with E-state index >= 15 is 0 Å². The van der Waals surface area contributed by atoms with Crippen LogP contribution in [0.5, 0.6) is 0 Å². The maximum Gasteiger partial charge on any atom is 0.354 e. The lowest BCUT2D eigenvalue weighted by molar-refractivity contribution is 0.0690. The highest BCUT2D eigenvalue weighted by atomic mass is 16.4. The van der Waals surface area contributed by atoms with Gasteiger partial charge in [0, 0.05) is 18.4 Å². The molecule has 0 aliphatic carbocycles. The second kappa shape index (κ2) is 7.69. The van der Waals surface area contributed by atoms with Crippen LogP contribution in [0.2, 0.25) is 0 Å². The number of anilines is 1. The molecule has 0 aromatic carbocycles. The molecule has 18 heavy (non-hydrogen) atoms. The monoisotopic (exact) mass is 250 g/mol. The van der Waals surface area contributed by atoms with Gasteiger partial charge in [0.05, 0.1) is 0 Å². The van der Waals surface area contributed by atoms with Gasteiger partial charge in [0.25, 0.3) is 0 Å². The number of carbonyl (C=O) groups is 1. The molecule has 0 amide bonds. The van der Waals surface area contributed by atoms with E-state index in [1.54, 1.807) is 12.1 Å². The molecule has 4 heteroatoms. The summed E-state index contributed by atoms with van der Waals surface area (Å²) >= 11 is 0. The zero-order valence-electron chi connectivity index (χ0n) is 11.1. The fourth-order valence-corrected chi connectivity index (χ4v) is 1.86. The van der Waals surface area contributed by atoms with Crippen molar-refractivity contribution in [2.24, 2.45) is 5.92 Å². The van der Waals surface area contributed by atoms with Crippen LogP contribution in [0.4, 0.5) is 5.69 Å². The molecule has 1 unspecified atom stereocenters. The Bertz CT molecular complexity index is 380. The third-order valence-electron chi connectivity index (χ3n) is 3.12. The Morgan fingerprint density at radius 2 is 2.28 bits per heavy atom. The lowest BCUT2D eigenvalue weighted by Crippen LogP contribution is -2.14. The summed E-state index contributed by atoms with van der Waals surface area (Å²) in [7, 11) is 0. The number of aromatic carboxylic acids is 1. The molecule has 1 atom stereocenters. The van der Waals surface area contributed by atoms with Gasteiger partial charge in [0.15, 0.2) is 0 Å². The van der Waals surface area contributed by atoms with Crippen LogP contribution in [0, 0.1) is 5.92 Å². The van der Waals surface area contributed by atoms with E-state index < -0.39 is 5.97 Å². The molecule has 0 aliphatic heterocycles. The third kappa shape index (κ3) is 4.73. The first-order chi connectivity index (χ1) is 8.67. The van der Waals surface area contributed by atoms with Crippen LogP contribution in [-0.2, 0) is 0 Å². The number of hydrogen-bond donors (Lipinski definition) is 2. The standard InChI is InChI=1S/C14H22N2O2/c1-3-5-6-11(4-2)10-16-12-7-8-15-13(9-12)14(17)18/h7-9,11H,3-6,10H2,1-2H3,(H,15,16)(H,17,18). The molecule has 1 rings (SSSR count). The first-order valence-electron chi connectivity index (χ1n) is 6.60. The summed E-state index contributed by atoms with van der Waals surface area (Å²) in [4.78, 5) is 14.6. The van der Waals surface area contributed by atoms with Crippen LogP contribution < -0.4 is 5.32 Å². The lowest BCUT2D eigenvalue weighted by atomic mass is 9.99. The van der Waals surface area contributed by atoms with Gasteiger partial charge in [0.2, 0.25) is 0 Å². The molecular weight excluding hydrogens is 228 g/mol. The minimum absolute atomic E-state index is 0.0848. The first kappa shape index (κ1) is 14.5. The molecule has 0 radical (unpaired) electrons. The quantitative estimate of drug-likeness (QED) is 0.742. The molecule has 1 aromatic heterocycles. The molecule has 1 heterocycles. The minimum Gasteiger partial charge on any atom is -0.477 e. The van der Waals surface area contributed by atoms with E-state index in [4.69, 9.17) is 5.11 Å². The average Bonchev–Trinajstić information content (AvgIpc) is 2.39. The maximum atomic E-state index is 10.8. The van der Waals surface area contributed by atoms with E-state index in [9.17, 15) is 4.79 Å². The van der Waals surface area contributed by atoms with Crippen LogP contribution in [0.1, 0.15) is 50.0 Å². The van der Waals surface area contributed by atoms with E-state index in [1.807, 2.05) is 0 Å². The third-order valence-corrected chi connectivity index (χ3v) is 3.12. The molecule has 2 N–H and O–H groups in total. The van der Waals surface area contributed by atoms with Crippen molar-refractivity contribution in [2.75, 3.05) is 11.9 Å². The summed E-state index contributed by atoms with van der Waals surface area (Å²) in [5.74, 6) is -0.344. The second-order valence-corrected chi connectivity index (χ2v) is 4.53. The molecule has 0 fully saturated rings. The average molecular weight is 250 g/mol. The van der Waals surface area contributed by atoms with Gasteiger partial charge in [-0.25, -0.2) is 9.78 Å². The molecule has 0 spiro atoms. The molecule has 0 aliphatic rings. The fourth-order valence-electron chi connectivity index (χ4n) is 1.86. The van der Waals surface area contributed by atoms with Crippen molar-refractivity contribution in [3.63, 3.8) is 0 Å². The molecule has 100 valence electrons. The molecule has 4 nitrogen and oxygen atoms in total. The smallest absolute Gasteiger partial charge is 0.354 e. The van der Waals surface area contributed by atoms with Gasteiger partial charge in [-0.15, -0.1) is 0 Å². The Balaban J connectivity index is 2.51. The summed E-state index contributed by atoms with van der Waals surface area (Å²) < 4.78 is 0. The predicted molar refractivity (Wildman–Crippen MR) is 73.0 cm³/mol. The van der Waals surface area contributed by atoms with Gasteiger partial charge in [-0.1, -0.05) is 33.1 Å². The van der Waals surface area contributed by atoms with Crippen molar-refractivity contribution in [2.45, 2.75) is 39.5 Å². The number of carboxylic acid groups (broad SMARTS) is 1. The van der Waals surface area contributed by atoms with E-state index in [0.29, 0.717) is 5.92 Å². The van der Waals surface area contributed by atoms with Crippen molar-refractivity contribution in [3.8, 4) is 0 Å². The van der Waals surface area contributed by atoms with Crippen LogP contribution in [0.15, 0.2) is 18.3 Å². The van der Waals surface area contributed by atoms with Gasteiger partial charge in [-0.3, -0.25) is 0 Å². The highest BCUT2D eigenvalue weighted by molar-refractivity contribution is 5.86. The molecule has 0 saturated carbocycles. The molecule has 0 saturated heterocycles. The number of rotatable bonds is 8. The Morgan fingerprint density at radius 3 is 2.89 bits per heavy atom. The van der Waals surface area contributed by atoms with E-state index in [0.717, 1.165) is 18.7 Å². The molecule has 0 bridgehead atoms. The zero-order valence-corrected chi connectivity index (χ0v) is 11.1. The SMILES string of the molecule is CCCCC(CC)CNc1ccnc(C(=O)O)c1. The van der Waals surface area contributed by atoms with Gasteiger partial charge < -0.3 is 10.4 Å². The topological polar surface area (TPSA) is 62.2 Å². The summed E-state index contributed by atoms with van der Waals surface area (Å²) in [6.45, 7) is 5.28. The zero-order chi connectivity index (χ0) is 13.4. The van der Waals surface area contributed by atoms with Gasteiger partial charge in [-0.05, 0) is 24.5 Å². The highest BCUT2D eigenvalue weighted by Crippen LogP contribution is 2.15. The van der Waals surface area contributed by atoms with Crippen molar-refractivity contribution < 1.29 is 9.90 Å². The van der Waals surface area contributed by atoms with Gasteiger partial charge >= 0.3 is 5.97 Å². The normalized spacial score (nSPS) is 12.1. The number of hydrogen-bond acceptors (Lipinski definition) is 3. The Labute approximate surface area is 108 Å². The second-order valence-electron chi connectivity index (χ2n) is 4.53. The largest absolute Gasteiger partial charge is 0.477 e. The van der Waals surface area contributed by atoms with Crippen molar-refractivity contribution in [1.82, 2.24) is 4.98 Å². The van der Waals surface area contributed by atoms with E-state index in [1.165, 1.54) is 25.5 Å². The first-order valence-corrected chi connectivity index (χ1v) is 6.60. The number of carboxylic acids is 1. The van der Waals surface area contributed by atoms with Crippen molar-refractivity contribution in [1.29, 1.82) is 0 Å². The Kier molecular flexibility index (Phi) is 6.19. The summed E-state index contributed by atoms with van der Waals surface area (Å²) in [5, 5.41) is 12.2. The highest BCUT2D eigenvalue weighted by Gasteiger charge is 2.07. The molecular formula is C14H22N2O2. The van der Waals surface area contributed by atoms with Crippen molar-refractivity contribution in [3.05, 3.63) is 24.0 Å². The predicted octanol–water partition coefficient (Wildman–Crippen LogP) is 3.41. The van der Waals surface area contributed by atoms with Gasteiger partial charge in [0.1, 0.15) is 5.69 Å². The van der Waals surface area contributed by atoms with Crippen molar-refractivity contribution >= 4 is 11.7 Å². The minimum atomic E-state index is -0.989. The Hall–Kier alpha value is -1.58. The van der Waals surface area contributed by atoms with Crippen LogP contribution in [-0.4, -0.2) is 22.6 Å². The number of pyridine rings is 1. The maximum absolute atomic E-state index is 10.8. The van der Waals surface area contributed by atoms with E-state index in [2.05, 4.69) is 24.1 Å². The summed E-state index contributed by atoms with van der Waals surface area (Å²) in [6, 6.07) is 3.38. The summed E-state index contributed by atoms with van der Waals surface area (Å²) in [6.07, 6.45) is 6.35. The van der Waals surface area contributed by atoms with E-state index in [-0.39, 0.29) is 5.69 Å². The molecule has 1 aromatic rings. The van der Waals surface area contributed by atoms with Gasteiger partial charge in [-0.2, -0.15) is 0 Å². The summed E-state index contributed by atoms with van der Waals surface area (Å²) in [5.41, 5.74) is 0.916. The van der Waals surface area contributed by atoms with Crippen LogP contribution in [0.3, 0.4) is 0 Å². The van der Waals surface area contributed by atoms with Crippen LogP contribution >= 0.6 is 0 Å². The Morgan fingerprint density at radius 1 is 1.50 bits per heavy atom. The number of nitrogens with one attached hydrogen (secondary N) is 1. The van der Waals surface area contributed by atoms with Crippen LogP contribution in [0.25, 0.3) is 0 Å². The number of aromatic nitrogens is 1. The fraction of sp³-hybridized carbons (Fsp3) is 0.571. The number of nitrogens with zero attached hydrogens (tertiary/aromatic N) is 1. The lowest BCUT2D eigenvalue weighted by Gasteiger charge is -2.16. The number of unbranched alkanes of at least 4 members (excludes halogenated alkanes) is 1.